The lowest BCUT2D eigenvalue weighted by Crippen LogP contribution is -2.24. The van der Waals surface area contributed by atoms with Gasteiger partial charge in [0.2, 0.25) is 0 Å². The second-order valence-electron chi connectivity index (χ2n) is 4.84. The van der Waals surface area contributed by atoms with Gasteiger partial charge >= 0.3 is 5.69 Å². The number of carbonyl (C=O) groups excluding carboxylic acids is 1. The molecule has 2 N–H and O–H groups in total. The van der Waals surface area contributed by atoms with E-state index in [1.807, 2.05) is 0 Å². The number of carbonyl (C=O) groups is 1. The lowest BCUT2D eigenvalue weighted by molar-refractivity contribution is 0.100. The van der Waals surface area contributed by atoms with Crippen LogP contribution in [0, 0.1) is 12.7 Å². The molecule has 0 aliphatic rings. The van der Waals surface area contributed by atoms with E-state index in [1.165, 1.54) is 27.7 Å². The van der Waals surface area contributed by atoms with Crippen LogP contribution in [0.15, 0.2) is 35.4 Å². The number of nitrogens with two attached hydrogens (primary N) is 1. The van der Waals surface area contributed by atoms with Gasteiger partial charge in [0, 0.05) is 0 Å². The molecule has 0 bridgehead atoms. The average molecular weight is 333 g/mol. The van der Waals surface area contributed by atoms with Gasteiger partial charge < -0.3 is 5.73 Å². The molecular formula is C14H12FN5O2S. The fraction of sp³-hybridized carbons (Fsp3) is 0.143. The second-order valence-corrected chi connectivity index (χ2v) is 5.82. The number of rotatable bonds is 4. The van der Waals surface area contributed by atoms with Crippen LogP contribution in [-0.4, -0.2) is 25.2 Å². The van der Waals surface area contributed by atoms with Gasteiger partial charge in [0.15, 0.2) is 5.13 Å². The molecule has 0 aliphatic heterocycles. The van der Waals surface area contributed by atoms with Crippen molar-refractivity contribution in [3.8, 4) is 5.13 Å². The highest BCUT2D eigenvalue weighted by Gasteiger charge is 2.16. The molecule has 2 aromatic heterocycles. The van der Waals surface area contributed by atoms with Gasteiger partial charge in [-0.15, -0.1) is 0 Å². The lowest BCUT2D eigenvalue weighted by atomic mass is 10.2. The number of benzene rings is 1. The summed E-state index contributed by atoms with van der Waals surface area (Å²) >= 11 is 1.03. The SMILES string of the molecule is Cc1nc(-n2cnn(Cc3ccc(F)cc3)c2=O)sc1C(N)=O. The van der Waals surface area contributed by atoms with Crippen LogP contribution >= 0.6 is 11.3 Å². The van der Waals surface area contributed by atoms with Crippen LogP contribution < -0.4 is 11.4 Å². The number of halogens is 1. The smallest absolute Gasteiger partial charge is 0.352 e. The Hall–Kier alpha value is -2.81. The van der Waals surface area contributed by atoms with E-state index in [2.05, 4.69) is 10.1 Å². The Morgan fingerprint density at radius 2 is 2.04 bits per heavy atom. The minimum atomic E-state index is -0.585. The largest absolute Gasteiger partial charge is 0.365 e. The van der Waals surface area contributed by atoms with E-state index in [9.17, 15) is 14.0 Å². The van der Waals surface area contributed by atoms with E-state index in [4.69, 9.17) is 5.73 Å². The molecule has 0 atom stereocenters. The first-order valence-corrected chi connectivity index (χ1v) is 7.44. The Labute approximate surface area is 133 Å². The van der Waals surface area contributed by atoms with Crippen LogP contribution in [0.25, 0.3) is 5.13 Å². The Bertz CT molecular complexity index is 926. The monoisotopic (exact) mass is 333 g/mol. The summed E-state index contributed by atoms with van der Waals surface area (Å²) in [6.45, 7) is 1.85. The molecule has 118 valence electrons. The van der Waals surface area contributed by atoms with E-state index >= 15 is 0 Å². The number of thiazole rings is 1. The molecule has 0 fully saturated rings. The first kappa shape index (κ1) is 15.1. The normalized spacial score (nSPS) is 10.9. The topological polar surface area (TPSA) is 95.8 Å². The third-order valence-electron chi connectivity index (χ3n) is 3.19. The van der Waals surface area contributed by atoms with Crippen molar-refractivity contribution < 1.29 is 9.18 Å². The van der Waals surface area contributed by atoms with Gasteiger partial charge in [0.1, 0.15) is 17.0 Å². The molecule has 3 aromatic rings. The molecule has 9 heteroatoms. The molecule has 2 heterocycles. The van der Waals surface area contributed by atoms with Crippen LogP contribution in [0.2, 0.25) is 0 Å². The summed E-state index contributed by atoms with van der Waals surface area (Å²) in [5.74, 6) is -0.929. The number of hydrogen-bond donors (Lipinski definition) is 1. The van der Waals surface area contributed by atoms with Gasteiger partial charge in [0.05, 0.1) is 12.2 Å². The van der Waals surface area contributed by atoms with Gasteiger partial charge in [0.25, 0.3) is 5.91 Å². The van der Waals surface area contributed by atoms with Gasteiger partial charge in [-0.3, -0.25) is 4.79 Å². The van der Waals surface area contributed by atoms with E-state index < -0.39 is 11.6 Å². The molecule has 0 radical (unpaired) electrons. The highest BCUT2D eigenvalue weighted by molar-refractivity contribution is 7.16. The van der Waals surface area contributed by atoms with Crippen molar-refractivity contribution in [2.75, 3.05) is 0 Å². The molecule has 0 saturated heterocycles. The van der Waals surface area contributed by atoms with E-state index in [-0.39, 0.29) is 12.4 Å². The minimum Gasteiger partial charge on any atom is -0.365 e. The van der Waals surface area contributed by atoms with Crippen LogP contribution in [0.5, 0.6) is 0 Å². The molecule has 1 aromatic carbocycles. The summed E-state index contributed by atoms with van der Waals surface area (Å²) in [5, 5.41) is 4.34. The summed E-state index contributed by atoms with van der Waals surface area (Å²) in [6, 6.07) is 5.81. The van der Waals surface area contributed by atoms with Gasteiger partial charge in [-0.05, 0) is 24.6 Å². The van der Waals surface area contributed by atoms with Crippen molar-refractivity contribution in [1.29, 1.82) is 0 Å². The fourth-order valence-corrected chi connectivity index (χ4v) is 2.94. The van der Waals surface area contributed by atoms with Crippen molar-refractivity contribution >= 4 is 17.2 Å². The van der Waals surface area contributed by atoms with Gasteiger partial charge in [-0.1, -0.05) is 23.5 Å². The number of aromatic nitrogens is 4. The molecular weight excluding hydrogens is 321 g/mol. The molecule has 0 aliphatic carbocycles. The Kier molecular flexibility index (Phi) is 3.78. The highest BCUT2D eigenvalue weighted by Crippen LogP contribution is 2.19. The van der Waals surface area contributed by atoms with Crippen molar-refractivity contribution in [2.45, 2.75) is 13.5 Å². The molecule has 3 rings (SSSR count). The third-order valence-corrected chi connectivity index (χ3v) is 4.37. The summed E-state index contributed by atoms with van der Waals surface area (Å²) < 4.78 is 15.4. The number of nitrogens with zero attached hydrogens (tertiary/aromatic N) is 4. The zero-order valence-corrected chi connectivity index (χ0v) is 12.9. The van der Waals surface area contributed by atoms with E-state index in [0.717, 1.165) is 16.9 Å². The van der Waals surface area contributed by atoms with E-state index in [0.29, 0.717) is 15.7 Å². The summed E-state index contributed by atoms with van der Waals surface area (Å²) in [4.78, 5) is 28.1. The maximum absolute atomic E-state index is 12.9. The van der Waals surface area contributed by atoms with Crippen molar-refractivity contribution in [3.05, 3.63) is 63.0 Å². The van der Waals surface area contributed by atoms with Crippen molar-refractivity contribution in [3.63, 3.8) is 0 Å². The number of aryl methyl sites for hydroxylation is 1. The lowest BCUT2D eigenvalue weighted by Gasteiger charge is -2.00. The first-order chi connectivity index (χ1) is 11.0. The predicted octanol–water partition coefficient (Wildman–Crippen LogP) is 1.09. The molecule has 0 spiro atoms. The third kappa shape index (κ3) is 2.90. The second kappa shape index (κ2) is 5.76. The fourth-order valence-electron chi connectivity index (χ4n) is 2.05. The van der Waals surface area contributed by atoms with Crippen LogP contribution in [0.4, 0.5) is 4.39 Å². The molecule has 7 nitrogen and oxygen atoms in total. The quantitative estimate of drug-likeness (QED) is 0.773. The standard InChI is InChI=1S/C14H12FN5O2S/c1-8-11(12(16)21)23-13(18-8)19-7-17-20(14(19)22)6-9-2-4-10(15)5-3-9/h2-5,7H,6H2,1H3,(H2,16,21). The molecule has 0 saturated carbocycles. The zero-order valence-electron chi connectivity index (χ0n) is 12.1. The Morgan fingerprint density at radius 3 is 2.65 bits per heavy atom. The summed E-state index contributed by atoms with van der Waals surface area (Å²) in [5.41, 5.74) is 6.06. The average Bonchev–Trinajstić information content (AvgIpc) is 3.05. The Morgan fingerprint density at radius 1 is 1.35 bits per heavy atom. The van der Waals surface area contributed by atoms with Crippen molar-refractivity contribution in [2.24, 2.45) is 5.73 Å². The number of amides is 1. The maximum Gasteiger partial charge on any atom is 0.352 e. The molecule has 1 amide bonds. The van der Waals surface area contributed by atoms with E-state index in [1.54, 1.807) is 19.1 Å². The van der Waals surface area contributed by atoms with Crippen LogP contribution in [0.1, 0.15) is 20.9 Å². The summed E-state index contributed by atoms with van der Waals surface area (Å²) in [7, 11) is 0. The number of hydrogen-bond acceptors (Lipinski definition) is 5. The molecule has 23 heavy (non-hydrogen) atoms. The van der Waals surface area contributed by atoms with Crippen molar-refractivity contribution in [1.82, 2.24) is 19.3 Å². The van der Waals surface area contributed by atoms with Gasteiger partial charge in [-0.25, -0.2) is 23.4 Å². The van der Waals surface area contributed by atoms with Crippen LogP contribution in [0.3, 0.4) is 0 Å². The summed E-state index contributed by atoms with van der Waals surface area (Å²) in [6.07, 6.45) is 1.33. The van der Waals surface area contributed by atoms with Crippen LogP contribution in [-0.2, 0) is 6.54 Å². The minimum absolute atomic E-state index is 0.207. The predicted molar refractivity (Wildman–Crippen MR) is 82.3 cm³/mol. The van der Waals surface area contributed by atoms with Gasteiger partial charge in [-0.2, -0.15) is 5.10 Å². The first-order valence-electron chi connectivity index (χ1n) is 6.62. The maximum atomic E-state index is 12.9. The highest BCUT2D eigenvalue weighted by atomic mass is 32.1. The zero-order chi connectivity index (χ0) is 16.6. The Balaban J connectivity index is 1.93. The molecule has 0 unspecified atom stereocenters. The number of primary amides is 1.